The molecule has 0 aromatic heterocycles. The van der Waals surface area contributed by atoms with E-state index < -0.39 is 35.1 Å². The number of carbonyl (C=O) groups is 2. The van der Waals surface area contributed by atoms with E-state index in [0.29, 0.717) is 28.8 Å². The van der Waals surface area contributed by atoms with Gasteiger partial charge in [0, 0.05) is 17.7 Å². The van der Waals surface area contributed by atoms with E-state index in [1.807, 2.05) is 17.6 Å². The molecule has 3 amide bonds. The van der Waals surface area contributed by atoms with Crippen LogP contribution in [0.15, 0.2) is 24.3 Å². The van der Waals surface area contributed by atoms with Gasteiger partial charge in [-0.3, -0.25) is 10.1 Å². The number of hydrogen-bond donors (Lipinski definition) is 2. The van der Waals surface area contributed by atoms with Crippen LogP contribution < -0.4 is 10.6 Å². The summed E-state index contributed by atoms with van der Waals surface area (Å²) >= 11 is 0. The largest absolute Gasteiger partial charge is 0.326 e. The predicted octanol–water partition coefficient (Wildman–Crippen LogP) is 3.99. The van der Waals surface area contributed by atoms with Crippen molar-refractivity contribution in [3.63, 3.8) is 0 Å². The van der Waals surface area contributed by atoms with Crippen molar-refractivity contribution in [2.75, 3.05) is 5.32 Å². The topological polar surface area (TPSA) is 58.2 Å². The van der Waals surface area contributed by atoms with Gasteiger partial charge in [0.1, 0.15) is 11.5 Å². The molecule has 2 rings (SSSR count). The third-order valence-corrected chi connectivity index (χ3v) is 3.38. The third kappa shape index (κ3) is 3.73. The van der Waals surface area contributed by atoms with Gasteiger partial charge in [-0.25, -0.2) is 18.0 Å². The highest BCUT2D eigenvalue weighted by molar-refractivity contribution is 6.09. The maximum Gasteiger partial charge on any atom is 0.326 e. The molecule has 0 unspecified atom stereocenters. The predicted molar refractivity (Wildman–Crippen MR) is 83.5 cm³/mol. The van der Waals surface area contributed by atoms with Crippen molar-refractivity contribution < 1.29 is 22.8 Å². The molecule has 0 aliphatic rings. The summed E-state index contributed by atoms with van der Waals surface area (Å²) in [6.45, 7) is 5.30. The number of aryl methyl sites for hydroxylation is 3. The molecule has 0 radical (unpaired) electrons. The van der Waals surface area contributed by atoms with Crippen LogP contribution in [0.1, 0.15) is 27.0 Å². The zero-order valence-corrected chi connectivity index (χ0v) is 13.3. The fraction of sp³-hybridized carbons (Fsp3) is 0.176. The number of benzene rings is 2. The van der Waals surface area contributed by atoms with Crippen LogP contribution in [0, 0.1) is 38.2 Å². The summed E-state index contributed by atoms with van der Waals surface area (Å²) in [5.74, 6) is -4.38. The Labute approximate surface area is 136 Å². The lowest BCUT2D eigenvalue weighted by atomic mass is 9.99. The van der Waals surface area contributed by atoms with Crippen molar-refractivity contribution in [3.8, 4) is 0 Å². The number of imide groups is 1. The molecule has 7 heteroatoms. The van der Waals surface area contributed by atoms with Gasteiger partial charge in [-0.2, -0.15) is 0 Å². The van der Waals surface area contributed by atoms with Gasteiger partial charge >= 0.3 is 6.03 Å². The van der Waals surface area contributed by atoms with Gasteiger partial charge in [-0.05, 0) is 31.9 Å². The SMILES string of the molecule is Cc1cc(C)c(C(=O)NC(=O)Nc2c(F)cc(F)cc2F)c(C)c1. The molecule has 0 heterocycles. The smallest absolute Gasteiger partial charge is 0.302 e. The second-order valence-corrected chi connectivity index (χ2v) is 5.43. The highest BCUT2D eigenvalue weighted by Gasteiger charge is 2.18. The van der Waals surface area contributed by atoms with E-state index in [1.54, 1.807) is 26.0 Å². The van der Waals surface area contributed by atoms with Crippen molar-refractivity contribution >= 4 is 17.6 Å². The standard InChI is InChI=1S/C17H15F3N2O2/c1-8-4-9(2)14(10(3)5-8)16(23)22-17(24)21-15-12(19)6-11(18)7-13(15)20/h4-7H,1-3H3,(H2,21,22,23,24). The minimum atomic E-state index is -1.28. The summed E-state index contributed by atoms with van der Waals surface area (Å²) < 4.78 is 39.8. The number of halogens is 3. The minimum absolute atomic E-state index is 0.302. The van der Waals surface area contributed by atoms with E-state index in [4.69, 9.17) is 0 Å². The molecule has 0 bridgehead atoms. The van der Waals surface area contributed by atoms with Crippen LogP contribution in [0.4, 0.5) is 23.7 Å². The van der Waals surface area contributed by atoms with Gasteiger partial charge < -0.3 is 5.32 Å². The Balaban J connectivity index is 2.18. The van der Waals surface area contributed by atoms with E-state index in [2.05, 4.69) is 0 Å². The molecule has 0 spiro atoms. The van der Waals surface area contributed by atoms with Gasteiger partial charge in [-0.1, -0.05) is 17.7 Å². The van der Waals surface area contributed by atoms with Crippen LogP contribution in [-0.4, -0.2) is 11.9 Å². The first kappa shape index (κ1) is 17.5. The summed E-state index contributed by atoms with van der Waals surface area (Å²) in [6.07, 6.45) is 0. The van der Waals surface area contributed by atoms with Crippen molar-refractivity contribution in [1.29, 1.82) is 0 Å². The molecule has 126 valence electrons. The van der Waals surface area contributed by atoms with Crippen LogP contribution in [0.2, 0.25) is 0 Å². The first-order chi connectivity index (χ1) is 11.2. The average molecular weight is 336 g/mol. The Bertz CT molecular complexity index is 789. The minimum Gasteiger partial charge on any atom is -0.302 e. The Morgan fingerprint density at radius 1 is 0.875 bits per heavy atom. The molecular formula is C17H15F3N2O2. The first-order valence-electron chi connectivity index (χ1n) is 7.03. The monoisotopic (exact) mass is 336 g/mol. The summed E-state index contributed by atoms with van der Waals surface area (Å²) in [4.78, 5) is 24.0. The van der Waals surface area contributed by atoms with Crippen LogP contribution in [0.25, 0.3) is 0 Å². The lowest BCUT2D eigenvalue weighted by molar-refractivity contribution is 0.0966. The second kappa shape index (κ2) is 6.74. The van der Waals surface area contributed by atoms with Gasteiger partial charge in [0.25, 0.3) is 5.91 Å². The van der Waals surface area contributed by atoms with E-state index in [1.165, 1.54) is 0 Å². The number of carbonyl (C=O) groups excluding carboxylic acids is 2. The summed E-state index contributed by atoms with van der Waals surface area (Å²) in [6, 6.07) is 3.28. The molecule has 2 N–H and O–H groups in total. The number of anilines is 1. The van der Waals surface area contributed by atoms with Gasteiger partial charge in [0.15, 0.2) is 11.6 Å². The van der Waals surface area contributed by atoms with Crippen LogP contribution >= 0.6 is 0 Å². The first-order valence-corrected chi connectivity index (χ1v) is 7.03. The van der Waals surface area contributed by atoms with Gasteiger partial charge in [0.2, 0.25) is 0 Å². The van der Waals surface area contributed by atoms with Crippen LogP contribution in [0.5, 0.6) is 0 Å². The van der Waals surface area contributed by atoms with Gasteiger partial charge in [-0.15, -0.1) is 0 Å². The Morgan fingerprint density at radius 3 is 1.88 bits per heavy atom. The highest BCUT2D eigenvalue weighted by atomic mass is 19.1. The van der Waals surface area contributed by atoms with E-state index >= 15 is 0 Å². The quantitative estimate of drug-likeness (QED) is 0.871. The maximum atomic E-state index is 13.5. The molecule has 0 atom stereocenters. The molecule has 0 aliphatic heterocycles. The Kier molecular flexibility index (Phi) is 4.92. The van der Waals surface area contributed by atoms with E-state index in [-0.39, 0.29) is 0 Å². The lowest BCUT2D eigenvalue weighted by Crippen LogP contribution is -2.35. The normalized spacial score (nSPS) is 10.4. The van der Waals surface area contributed by atoms with Gasteiger partial charge in [0.05, 0.1) is 0 Å². The summed E-state index contributed by atoms with van der Waals surface area (Å²) in [7, 11) is 0. The van der Waals surface area contributed by atoms with Crippen molar-refractivity contribution in [1.82, 2.24) is 5.32 Å². The molecule has 0 aliphatic carbocycles. The number of urea groups is 1. The number of rotatable bonds is 2. The van der Waals surface area contributed by atoms with E-state index in [9.17, 15) is 22.8 Å². The van der Waals surface area contributed by atoms with Crippen molar-refractivity contribution in [2.24, 2.45) is 0 Å². The third-order valence-electron chi connectivity index (χ3n) is 3.38. The summed E-state index contributed by atoms with van der Waals surface area (Å²) in [5.41, 5.74) is 1.75. The number of hydrogen-bond acceptors (Lipinski definition) is 2. The summed E-state index contributed by atoms with van der Waals surface area (Å²) in [5, 5.41) is 3.87. The molecule has 0 saturated carbocycles. The molecule has 24 heavy (non-hydrogen) atoms. The lowest BCUT2D eigenvalue weighted by Gasteiger charge is -2.12. The number of nitrogens with one attached hydrogen (secondary N) is 2. The Hall–Kier alpha value is -2.83. The van der Waals surface area contributed by atoms with Crippen LogP contribution in [0.3, 0.4) is 0 Å². The average Bonchev–Trinajstić information content (AvgIpc) is 2.41. The van der Waals surface area contributed by atoms with E-state index in [0.717, 1.165) is 5.56 Å². The zero-order chi connectivity index (χ0) is 18.0. The molecule has 2 aromatic carbocycles. The fourth-order valence-corrected chi connectivity index (χ4v) is 2.51. The van der Waals surface area contributed by atoms with Crippen LogP contribution in [-0.2, 0) is 0 Å². The fourth-order valence-electron chi connectivity index (χ4n) is 2.51. The molecule has 0 saturated heterocycles. The Morgan fingerprint density at radius 2 is 1.38 bits per heavy atom. The maximum absolute atomic E-state index is 13.5. The highest BCUT2D eigenvalue weighted by Crippen LogP contribution is 2.20. The zero-order valence-electron chi connectivity index (χ0n) is 13.3. The molecule has 4 nitrogen and oxygen atoms in total. The molecule has 2 aromatic rings. The van der Waals surface area contributed by atoms with Crippen molar-refractivity contribution in [2.45, 2.75) is 20.8 Å². The molecule has 0 fully saturated rings. The second-order valence-electron chi connectivity index (χ2n) is 5.43. The van der Waals surface area contributed by atoms with Crippen molar-refractivity contribution in [3.05, 3.63) is 64.0 Å². The number of amides is 3. The molecular weight excluding hydrogens is 321 g/mol.